The van der Waals surface area contributed by atoms with Crippen LogP contribution in [0.3, 0.4) is 0 Å². The van der Waals surface area contributed by atoms with E-state index in [1.165, 1.54) is 0 Å². The second-order valence-corrected chi connectivity index (χ2v) is 9.29. The van der Waals surface area contributed by atoms with E-state index in [0.29, 0.717) is 24.7 Å². The molecule has 0 saturated carbocycles. The van der Waals surface area contributed by atoms with Gasteiger partial charge >= 0.3 is 5.97 Å². The predicted octanol–water partition coefficient (Wildman–Crippen LogP) is 6.02. The average Bonchev–Trinajstić information content (AvgIpc) is 3.24. The van der Waals surface area contributed by atoms with Crippen LogP contribution in [0.1, 0.15) is 44.2 Å². The molecular formula is C30H33N3O5. The fourth-order valence-electron chi connectivity index (χ4n) is 4.49. The highest BCUT2D eigenvalue weighted by atomic mass is 16.5. The first-order valence-corrected chi connectivity index (χ1v) is 12.8. The molecular weight excluding hydrogens is 482 g/mol. The van der Waals surface area contributed by atoms with Crippen molar-refractivity contribution < 1.29 is 24.2 Å². The number of imidazole rings is 1. The van der Waals surface area contributed by atoms with Crippen molar-refractivity contribution in [3.05, 3.63) is 84.4 Å². The monoisotopic (exact) mass is 515 g/mol. The third kappa shape index (κ3) is 6.98. The maximum absolute atomic E-state index is 12.8. The quantitative estimate of drug-likeness (QED) is 0.211. The third-order valence-corrected chi connectivity index (χ3v) is 6.51. The number of nitrogens with zero attached hydrogens (tertiary/aromatic N) is 2. The third-order valence-electron chi connectivity index (χ3n) is 6.51. The fourth-order valence-corrected chi connectivity index (χ4v) is 4.49. The maximum atomic E-state index is 12.8. The molecule has 0 bridgehead atoms. The Morgan fingerprint density at radius 1 is 1.00 bits per heavy atom. The topological polar surface area (TPSA) is 117 Å². The number of aromatic nitrogens is 2. The van der Waals surface area contributed by atoms with E-state index in [9.17, 15) is 14.7 Å². The van der Waals surface area contributed by atoms with E-state index in [0.717, 1.165) is 28.8 Å². The molecule has 0 aliphatic heterocycles. The molecule has 3 N–H and O–H groups in total. The number of hydrogen-bond donors (Lipinski definition) is 2. The molecule has 0 aliphatic rings. The second-order valence-electron chi connectivity index (χ2n) is 9.29. The van der Waals surface area contributed by atoms with Gasteiger partial charge in [0.1, 0.15) is 17.3 Å². The van der Waals surface area contributed by atoms with Crippen LogP contribution < -0.4 is 10.5 Å². The molecule has 2 atom stereocenters. The minimum atomic E-state index is -1.03. The Bertz CT molecular complexity index is 1350. The smallest absolute Gasteiger partial charge is 0.309 e. The summed E-state index contributed by atoms with van der Waals surface area (Å²) in [5.74, 6) is -0.277. The molecule has 0 amide bonds. The molecule has 8 heteroatoms. The van der Waals surface area contributed by atoms with Gasteiger partial charge in [0.05, 0.1) is 30.2 Å². The van der Waals surface area contributed by atoms with Crippen molar-refractivity contribution in [3.63, 3.8) is 0 Å². The zero-order valence-electron chi connectivity index (χ0n) is 21.5. The Morgan fingerprint density at radius 2 is 1.71 bits per heavy atom. The van der Waals surface area contributed by atoms with Gasteiger partial charge in [-0.1, -0.05) is 55.5 Å². The van der Waals surface area contributed by atoms with Crippen LogP contribution >= 0.6 is 0 Å². The molecule has 4 rings (SSSR count). The van der Waals surface area contributed by atoms with Gasteiger partial charge in [0.2, 0.25) is 5.95 Å². The summed E-state index contributed by atoms with van der Waals surface area (Å²) in [6.07, 6.45) is 1.41. The van der Waals surface area contributed by atoms with Gasteiger partial charge < -0.3 is 24.9 Å². The first-order chi connectivity index (χ1) is 18.4. The van der Waals surface area contributed by atoms with E-state index in [1.54, 1.807) is 0 Å². The first-order valence-electron chi connectivity index (χ1n) is 12.8. The van der Waals surface area contributed by atoms with Gasteiger partial charge in [0.15, 0.2) is 0 Å². The van der Waals surface area contributed by atoms with Gasteiger partial charge in [-0.3, -0.25) is 9.59 Å². The summed E-state index contributed by atoms with van der Waals surface area (Å²) in [5.41, 5.74) is 8.82. The summed E-state index contributed by atoms with van der Waals surface area (Å²) in [6.45, 7) is 2.32. The predicted molar refractivity (Wildman–Crippen MR) is 146 cm³/mol. The molecule has 0 aliphatic carbocycles. The van der Waals surface area contributed by atoms with Gasteiger partial charge in [0, 0.05) is 24.9 Å². The SMILES string of the molecule is CC[C@H](CCC(=O)CC(COCc1ccccc1)C(=O)O)n1c(N)nc2ccc(Oc3ccccc3)cc21. The number of benzene rings is 3. The summed E-state index contributed by atoms with van der Waals surface area (Å²) in [4.78, 5) is 29.0. The Balaban J connectivity index is 1.38. The van der Waals surface area contributed by atoms with Crippen molar-refractivity contribution in [1.82, 2.24) is 9.55 Å². The highest BCUT2D eigenvalue weighted by molar-refractivity contribution is 5.84. The molecule has 0 saturated heterocycles. The Morgan fingerprint density at radius 3 is 2.39 bits per heavy atom. The zero-order chi connectivity index (χ0) is 26.9. The number of ether oxygens (including phenoxy) is 2. The molecule has 1 heterocycles. The molecule has 1 unspecified atom stereocenters. The van der Waals surface area contributed by atoms with E-state index < -0.39 is 11.9 Å². The number of hydrogen-bond acceptors (Lipinski definition) is 6. The molecule has 198 valence electrons. The van der Waals surface area contributed by atoms with Crippen LogP contribution in [0.5, 0.6) is 11.5 Å². The first kappa shape index (κ1) is 26.9. The van der Waals surface area contributed by atoms with Crippen molar-refractivity contribution in [1.29, 1.82) is 0 Å². The second kappa shape index (κ2) is 12.9. The molecule has 8 nitrogen and oxygen atoms in total. The van der Waals surface area contributed by atoms with E-state index in [4.69, 9.17) is 15.2 Å². The zero-order valence-corrected chi connectivity index (χ0v) is 21.5. The van der Waals surface area contributed by atoms with Crippen molar-refractivity contribution in [2.45, 2.75) is 45.3 Å². The van der Waals surface area contributed by atoms with Crippen LogP contribution in [0.2, 0.25) is 0 Å². The molecule has 3 aromatic carbocycles. The molecule has 1 aromatic heterocycles. The normalized spacial score (nSPS) is 12.8. The highest BCUT2D eigenvalue weighted by Gasteiger charge is 2.23. The minimum Gasteiger partial charge on any atom is -0.481 e. The summed E-state index contributed by atoms with van der Waals surface area (Å²) in [5, 5.41) is 9.61. The van der Waals surface area contributed by atoms with E-state index in [2.05, 4.69) is 4.98 Å². The van der Waals surface area contributed by atoms with Crippen LogP contribution in [-0.4, -0.2) is 33.0 Å². The Labute approximate surface area is 222 Å². The number of aliphatic carboxylic acids is 1. The van der Waals surface area contributed by atoms with Crippen LogP contribution in [-0.2, 0) is 20.9 Å². The van der Waals surface area contributed by atoms with E-state index in [-0.39, 0.29) is 31.3 Å². The van der Waals surface area contributed by atoms with Crippen LogP contribution in [0.4, 0.5) is 5.95 Å². The number of carboxylic acids is 1. The number of anilines is 1. The lowest BCUT2D eigenvalue weighted by atomic mass is 9.98. The number of carboxylic acid groups (broad SMARTS) is 1. The lowest BCUT2D eigenvalue weighted by Crippen LogP contribution is -2.23. The summed E-state index contributed by atoms with van der Waals surface area (Å²) in [7, 11) is 0. The lowest BCUT2D eigenvalue weighted by molar-refractivity contribution is -0.146. The van der Waals surface area contributed by atoms with Crippen molar-refractivity contribution in [2.75, 3.05) is 12.3 Å². The fraction of sp³-hybridized carbons (Fsp3) is 0.300. The number of Topliss-reactive ketones (excluding diaryl/α,β-unsaturated/α-hetero) is 1. The van der Waals surface area contributed by atoms with Gasteiger partial charge in [0.25, 0.3) is 0 Å². The summed E-state index contributed by atoms with van der Waals surface area (Å²) >= 11 is 0. The number of nitrogen functional groups attached to an aromatic ring is 1. The lowest BCUT2D eigenvalue weighted by Gasteiger charge is -2.19. The Hall–Kier alpha value is -4.17. The molecule has 4 aromatic rings. The number of carbonyl (C=O) groups excluding carboxylic acids is 1. The van der Waals surface area contributed by atoms with Gasteiger partial charge in [-0.25, -0.2) is 4.98 Å². The molecule has 38 heavy (non-hydrogen) atoms. The van der Waals surface area contributed by atoms with Crippen molar-refractivity contribution in [2.24, 2.45) is 5.92 Å². The van der Waals surface area contributed by atoms with E-state index in [1.807, 2.05) is 90.4 Å². The van der Waals surface area contributed by atoms with Crippen molar-refractivity contribution in [3.8, 4) is 11.5 Å². The van der Waals surface area contributed by atoms with Gasteiger partial charge in [-0.05, 0) is 42.7 Å². The van der Waals surface area contributed by atoms with Crippen LogP contribution in [0, 0.1) is 5.92 Å². The number of ketones is 1. The standard InChI is InChI=1S/C30H33N3O5/c1-2-23(13-14-24(34)17-22(29(35)36)20-37-19-21-9-5-3-6-10-21)33-28-18-26(15-16-27(28)32-30(33)31)38-25-11-7-4-8-12-25/h3-12,15-16,18,22-23H,2,13-14,17,19-20H2,1H3,(H2,31,32)(H,35,36)/t22?,23-/m1/s1. The van der Waals surface area contributed by atoms with Crippen LogP contribution in [0.15, 0.2) is 78.9 Å². The minimum absolute atomic E-state index is 0.0174. The number of fused-ring (bicyclic) bond motifs is 1. The van der Waals surface area contributed by atoms with Crippen molar-refractivity contribution >= 4 is 28.7 Å². The Kier molecular flexibility index (Phi) is 9.11. The van der Waals surface area contributed by atoms with Crippen LogP contribution in [0.25, 0.3) is 11.0 Å². The molecule has 0 radical (unpaired) electrons. The number of para-hydroxylation sites is 1. The number of nitrogens with two attached hydrogens (primary N) is 1. The number of rotatable bonds is 14. The summed E-state index contributed by atoms with van der Waals surface area (Å²) < 4.78 is 13.5. The van der Waals surface area contributed by atoms with Gasteiger partial charge in [-0.15, -0.1) is 0 Å². The number of carbonyl (C=O) groups is 2. The maximum Gasteiger partial charge on any atom is 0.309 e. The van der Waals surface area contributed by atoms with E-state index >= 15 is 0 Å². The largest absolute Gasteiger partial charge is 0.481 e. The molecule has 0 spiro atoms. The average molecular weight is 516 g/mol. The molecule has 0 fully saturated rings. The summed E-state index contributed by atoms with van der Waals surface area (Å²) in [6, 6.07) is 24.6. The highest BCUT2D eigenvalue weighted by Crippen LogP contribution is 2.32. The van der Waals surface area contributed by atoms with Gasteiger partial charge in [-0.2, -0.15) is 0 Å².